The number of nitrogens with zero attached hydrogens (tertiary/aromatic N) is 4. The van der Waals surface area contributed by atoms with Crippen LogP contribution in [0.5, 0.6) is 5.75 Å². The second-order valence-corrected chi connectivity index (χ2v) is 9.23. The predicted molar refractivity (Wildman–Crippen MR) is 135 cm³/mol. The Bertz CT molecular complexity index is 1540. The van der Waals surface area contributed by atoms with Crippen molar-refractivity contribution in [3.8, 4) is 11.4 Å². The number of amides is 1. The smallest absolute Gasteiger partial charge is 0.487 e. The van der Waals surface area contributed by atoms with Crippen LogP contribution in [0.1, 0.15) is 41.4 Å². The zero-order valence-electron chi connectivity index (χ0n) is 21.4. The van der Waals surface area contributed by atoms with Crippen LogP contribution in [0.2, 0.25) is 5.02 Å². The number of aromatic nitrogens is 4. The molecule has 4 rings (SSSR count). The van der Waals surface area contributed by atoms with E-state index in [0.29, 0.717) is 34.2 Å². The standard InChI is InChI=1S/C26H24ClF4N5O3/c1-13-8-22(36-16(4)34-15(3)35-36)18-6-5-7-23(25(18)32-13)38-11-20-19(9-17(28)10-21(20)27)14(2)33-24(37)12-39-26(29,30)31/h5-10,14H,11-12H2,1-4H3,(H,33,37)/t14-/m0/s1. The van der Waals surface area contributed by atoms with Crippen LogP contribution in [-0.4, -0.2) is 38.6 Å². The normalized spacial score (nSPS) is 12.5. The van der Waals surface area contributed by atoms with Gasteiger partial charge >= 0.3 is 6.36 Å². The molecule has 0 unspecified atom stereocenters. The molecule has 0 aliphatic rings. The van der Waals surface area contributed by atoms with Crippen molar-refractivity contribution in [3.63, 3.8) is 0 Å². The molecule has 0 radical (unpaired) electrons. The Morgan fingerprint density at radius 1 is 1.15 bits per heavy atom. The number of pyridine rings is 1. The summed E-state index contributed by atoms with van der Waals surface area (Å²) >= 11 is 6.33. The van der Waals surface area contributed by atoms with Crippen molar-refractivity contribution in [3.05, 3.63) is 75.7 Å². The van der Waals surface area contributed by atoms with Crippen LogP contribution in [-0.2, 0) is 16.1 Å². The van der Waals surface area contributed by atoms with E-state index in [1.165, 1.54) is 6.92 Å². The molecule has 0 aliphatic carbocycles. The van der Waals surface area contributed by atoms with E-state index >= 15 is 0 Å². The maximum absolute atomic E-state index is 14.2. The lowest BCUT2D eigenvalue weighted by molar-refractivity contribution is -0.321. The van der Waals surface area contributed by atoms with Crippen molar-refractivity contribution >= 4 is 28.4 Å². The number of fused-ring (bicyclic) bond motifs is 1. The third kappa shape index (κ3) is 6.63. The van der Waals surface area contributed by atoms with Gasteiger partial charge in [0, 0.05) is 16.6 Å². The first-order valence-electron chi connectivity index (χ1n) is 11.7. The van der Waals surface area contributed by atoms with E-state index in [1.54, 1.807) is 23.7 Å². The third-order valence-electron chi connectivity index (χ3n) is 5.79. The molecule has 13 heteroatoms. The number of ether oxygens (including phenoxy) is 2. The fourth-order valence-corrected chi connectivity index (χ4v) is 4.46. The molecule has 1 atom stereocenters. The zero-order valence-corrected chi connectivity index (χ0v) is 22.1. The van der Waals surface area contributed by atoms with Crippen molar-refractivity contribution in [1.29, 1.82) is 0 Å². The highest BCUT2D eigenvalue weighted by atomic mass is 35.5. The molecule has 2 aromatic heterocycles. The summed E-state index contributed by atoms with van der Waals surface area (Å²) in [5, 5.41) is 7.61. The lowest BCUT2D eigenvalue weighted by Crippen LogP contribution is -2.33. The second kappa shape index (κ2) is 11.1. The maximum atomic E-state index is 14.2. The number of benzene rings is 2. The first-order valence-corrected chi connectivity index (χ1v) is 12.1. The molecule has 4 aromatic rings. The van der Waals surface area contributed by atoms with E-state index in [1.807, 2.05) is 26.0 Å². The first-order chi connectivity index (χ1) is 18.3. The monoisotopic (exact) mass is 565 g/mol. The minimum absolute atomic E-state index is 0.0245. The summed E-state index contributed by atoms with van der Waals surface area (Å²) in [4.78, 5) is 21.0. The van der Waals surface area contributed by atoms with E-state index in [9.17, 15) is 22.4 Å². The molecule has 0 saturated carbocycles. The summed E-state index contributed by atoms with van der Waals surface area (Å²) in [7, 11) is 0. The molecule has 0 aliphatic heterocycles. The molecule has 2 heterocycles. The van der Waals surface area contributed by atoms with Gasteiger partial charge in [-0.3, -0.25) is 9.53 Å². The van der Waals surface area contributed by atoms with Crippen LogP contribution in [0.4, 0.5) is 17.6 Å². The number of carbonyl (C=O) groups is 1. The molecule has 0 fully saturated rings. The Hall–Kier alpha value is -3.77. The molecular weight excluding hydrogens is 542 g/mol. The van der Waals surface area contributed by atoms with Gasteiger partial charge in [-0.15, -0.1) is 13.2 Å². The van der Waals surface area contributed by atoms with Gasteiger partial charge in [-0.1, -0.05) is 23.7 Å². The number of hydrogen-bond acceptors (Lipinski definition) is 6. The molecule has 0 spiro atoms. The summed E-state index contributed by atoms with van der Waals surface area (Å²) in [5.74, 6) is 0.00908. The SMILES string of the molecule is Cc1cc(-n2nc(C)nc2C)c2cccc(OCc3c(Cl)cc(F)cc3[C@H](C)NC(=O)COC(F)(F)F)c2n1. The van der Waals surface area contributed by atoms with Crippen LogP contribution in [0.25, 0.3) is 16.6 Å². The topological polar surface area (TPSA) is 91.2 Å². The van der Waals surface area contributed by atoms with Crippen molar-refractivity contribution < 1.29 is 31.8 Å². The largest absolute Gasteiger partial charge is 0.523 e. The molecular formula is C26H24ClF4N5O3. The Labute approximate surface area is 225 Å². The van der Waals surface area contributed by atoms with Gasteiger partial charge in [-0.25, -0.2) is 19.0 Å². The molecule has 206 valence electrons. The van der Waals surface area contributed by atoms with Gasteiger partial charge in [-0.05, 0) is 57.5 Å². The number of rotatable bonds is 8. The number of halogens is 5. The van der Waals surface area contributed by atoms with Crippen LogP contribution >= 0.6 is 11.6 Å². The van der Waals surface area contributed by atoms with Crippen LogP contribution in [0, 0.1) is 26.6 Å². The van der Waals surface area contributed by atoms with E-state index in [-0.39, 0.29) is 17.2 Å². The average molecular weight is 566 g/mol. The zero-order chi connectivity index (χ0) is 28.5. The van der Waals surface area contributed by atoms with E-state index in [2.05, 4.69) is 25.1 Å². The molecule has 39 heavy (non-hydrogen) atoms. The minimum atomic E-state index is -4.96. The van der Waals surface area contributed by atoms with Gasteiger partial charge in [-0.2, -0.15) is 5.10 Å². The summed E-state index contributed by atoms with van der Waals surface area (Å²) in [6.07, 6.45) is -4.96. The Balaban J connectivity index is 1.64. The number of alkyl halides is 3. The summed E-state index contributed by atoms with van der Waals surface area (Å²) < 4.78 is 62.5. The Morgan fingerprint density at radius 2 is 1.90 bits per heavy atom. The Morgan fingerprint density at radius 3 is 2.56 bits per heavy atom. The number of nitrogens with one attached hydrogen (secondary N) is 1. The van der Waals surface area contributed by atoms with Gasteiger partial charge in [0.15, 0.2) is 0 Å². The van der Waals surface area contributed by atoms with Crippen LogP contribution in [0.15, 0.2) is 36.4 Å². The number of para-hydroxylation sites is 1. The number of carbonyl (C=O) groups excluding carboxylic acids is 1. The first kappa shape index (κ1) is 28.2. The summed E-state index contributed by atoms with van der Waals surface area (Å²) in [6, 6.07) is 8.58. The summed E-state index contributed by atoms with van der Waals surface area (Å²) in [5.41, 5.74) is 2.60. The van der Waals surface area contributed by atoms with E-state index in [0.717, 1.165) is 23.2 Å². The molecule has 2 aromatic carbocycles. The Kier molecular flexibility index (Phi) is 8.07. The molecule has 1 amide bonds. The fraction of sp³-hybridized carbons (Fsp3) is 0.308. The molecule has 0 bridgehead atoms. The van der Waals surface area contributed by atoms with Crippen molar-refractivity contribution in [2.24, 2.45) is 0 Å². The van der Waals surface area contributed by atoms with Crippen LogP contribution < -0.4 is 10.1 Å². The van der Waals surface area contributed by atoms with E-state index in [4.69, 9.17) is 16.3 Å². The lowest BCUT2D eigenvalue weighted by atomic mass is 10.0. The highest BCUT2D eigenvalue weighted by Crippen LogP contribution is 2.32. The highest BCUT2D eigenvalue weighted by Gasteiger charge is 2.30. The molecule has 8 nitrogen and oxygen atoms in total. The predicted octanol–water partition coefficient (Wildman–Crippen LogP) is 5.83. The minimum Gasteiger partial charge on any atom is -0.487 e. The fourth-order valence-electron chi connectivity index (χ4n) is 4.19. The maximum Gasteiger partial charge on any atom is 0.523 e. The molecule has 0 saturated heterocycles. The van der Waals surface area contributed by atoms with Gasteiger partial charge in [0.2, 0.25) is 5.91 Å². The third-order valence-corrected chi connectivity index (χ3v) is 6.13. The second-order valence-electron chi connectivity index (χ2n) is 8.82. The molecule has 1 N–H and O–H groups in total. The van der Waals surface area contributed by atoms with Crippen LogP contribution in [0.3, 0.4) is 0 Å². The van der Waals surface area contributed by atoms with Crippen molar-refractivity contribution in [1.82, 2.24) is 25.1 Å². The average Bonchev–Trinajstić information content (AvgIpc) is 3.18. The van der Waals surface area contributed by atoms with Crippen molar-refractivity contribution in [2.45, 2.75) is 46.7 Å². The highest BCUT2D eigenvalue weighted by molar-refractivity contribution is 6.31. The van der Waals surface area contributed by atoms with Gasteiger partial charge < -0.3 is 10.1 Å². The lowest BCUT2D eigenvalue weighted by Gasteiger charge is -2.20. The number of aryl methyl sites for hydroxylation is 3. The van der Waals surface area contributed by atoms with Gasteiger partial charge in [0.25, 0.3) is 0 Å². The van der Waals surface area contributed by atoms with Gasteiger partial charge in [0.1, 0.15) is 41.9 Å². The van der Waals surface area contributed by atoms with Gasteiger partial charge in [0.05, 0.1) is 16.8 Å². The van der Waals surface area contributed by atoms with E-state index < -0.39 is 30.7 Å². The quantitative estimate of drug-likeness (QED) is 0.271. The number of hydrogen-bond donors (Lipinski definition) is 1. The van der Waals surface area contributed by atoms with Crippen molar-refractivity contribution in [2.75, 3.05) is 6.61 Å². The summed E-state index contributed by atoms with van der Waals surface area (Å²) in [6.45, 7) is 5.58.